The molecule has 0 radical (unpaired) electrons. The highest BCUT2D eigenvalue weighted by Crippen LogP contribution is 2.23. The molecule has 2 rings (SSSR count). The maximum Gasteiger partial charge on any atom is 0.119 e. The second-order valence-corrected chi connectivity index (χ2v) is 4.42. The number of hydrogen-bond acceptors (Lipinski definition) is 2. The van der Waals surface area contributed by atoms with Gasteiger partial charge in [-0.2, -0.15) is 0 Å². The summed E-state index contributed by atoms with van der Waals surface area (Å²) in [6, 6.07) is 15.7. The first-order valence-electron chi connectivity index (χ1n) is 6.07. The van der Waals surface area contributed by atoms with Gasteiger partial charge < -0.3 is 9.84 Å². The van der Waals surface area contributed by atoms with E-state index in [2.05, 4.69) is 19.1 Å². The Morgan fingerprint density at radius 3 is 2.61 bits per heavy atom. The molecule has 18 heavy (non-hydrogen) atoms. The van der Waals surface area contributed by atoms with Crippen LogP contribution in [0.15, 0.2) is 48.5 Å². The quantitative estimate of drug-likeness (QED) is 0.891. The Labute approximate surface area is 108 Å². The minimum absolute atomic E-state index is 0.499. The Bertz CT molecular complexity index is 520. The molecule has 1 atom stereocenters. The Balaban J connectivity index is 2.16. The zero-order chi connectivity index (χ0) is 13.0. The van der Waals surface area contributed by atoms with E-state index in [-0.39, 0.29) is 0 Å². The third-order valence-electron chi connectivity index (χ3n) is 3.15. The topological polar surface area (TPSA) is 29.5 Å². The maximum atomic E-state index is 10.3. The van der Waals surface area contributed by atoms with Crippen LogP contribution >= 0.6 is 0 Å². The van der Waals surface area contributed by atoms with Crippen LogP contribution in [0.25, 0.3) is 0 Å². The van der Waals surface area contributed by atoms with Crippen molar-refractivity contribution in [3.05, 3.63) is 65.2 Å². The normalized spacial score (nSPS) is 12.2. The van der Waals surface area contributed by atoms with Crippen molar-refractivity contribution in [2.24, 2.45) is 0 Å². The summed E-state index contributed by atoms with van der Waals surface area (Å²) < 4.78 is 5.17. The van der Waals surface area contributed by atoms with E-state index in [1.165, 1.54) is 11.1 Å². The molecule has 2 aromatic carbocycles. The molecule has 0 aliphatic heterocycles. The number of rotatable bonds is 4. The van der Waals surface area contributed by atoms with Gasteiger partial charge in [-0.25, -0.2) is 0 Å². The first kappa shape index (κ1) is 12.7. The smallest absolute Gasteiger partial charge is 0.119 e. The molecule has 0 aromatic heterocycles. The minimum atomic E-state index is -0.499. The molecule has 0 saturated carbocycles. The van der Waals surface area contributed by atoms with E-state index in [9.17, 15) is 5.11 Å². The van der Waals surface area contributed by atoms with Crippen LogP contribution in [0.5, 0.6) is 5.75 Å². The van der Waals surface area contributed by atoms with Gasteiger partial charge in [0.25, 0.3) is 0 Å². The number of aliphatic hydroxyl groups is 1. The lowest BCUT2D eigenvalue weighted by atomic mass is 9.98. The number of aliphatic hydroxyl groups excluding tert-OH is 1. The molecule has 0 spiro atoms. The fourth-order valence-corrected chi connectivity index (χ4v) is 2.01. The van der Waals surface area contributed by atoms with Crippen LogP contribution in [-0.2, 0) is 6.42 Å². The first-order chi connectivity index (χ1) is 8.70. The molecule has 1 N–H and O–H groups in total. The molecule has 0 bridgehead atoms. The first-order valence-corrected chi connectivity index (χ1v) is 6.07. The summed E-state index contributed by atoms with van der Waals surface area (Å²) in [5.41, 5.74) is 3.27. The molecule has 2 heteroatoms. The molecule has 0 aliphatic rings. The number of ether oxygens (including phenoxy) is 1. The van der Waals surface area contributed by atoms with Crippen molar-refractivity contribution in [2.45, 2.75) is 19.4 Å². The molecule has 2 aromatic rings. The molecule has 1 unspecified atom stereocenters. The Morgan fingerprint density at radius 1 is 1.11 bits per heavy atom. The molecular weight excluding hydrogens is 224 g/mol. The Kier molecular flexibility index (Phi) is 4.00. The Morgan fingerprint density at radius 2 is 1.89 bits per heavy atom. The van der Waals surface area contributed by atoms with E-state index in [1.807, 2.05) is 36.4 Å². The van der Waals surface area contributed by atoms with Gasteiger partial charge in [0.05, 0.1) is 13.2 Å². The lowest BCUT2D eigenvalue weighted by Crippen LogP contribution is -2.03. The molecule has 0 heterocycles. The predicted molar refractivity (Wildman–Crippen MR) is 72.8 cm³/mol. The molecule has 0 aliphatic carbocycles. The SMILES string of the molecule is COc1cccc(C(O)Cc2ccccc2C)c1. The number of benzene rings is 2. The lowest BCUT2D eigenvalue weighted by Gasteiger charge is -2.13. The summed E-state index contributed by atoms with van der Waals surface area (Å²) in [5, 5.41) is 10.3. The Hall–Kier alpha value is -1.80. The number of methoxy groups -OCH3 is 1. The van der Waals surface area contributed by atoms with E-state index in [4.69, 9.17) is 4.74 Å². The van der Waals surface area contributed by atoms with Gasteiger partial charge in [-0.05, 0) is 35.7 Å². The van der Waals surface area contributed by atoms with Crippen molar-refractivity contribution >= 4 is 0 Å². The predicted octanol–water partition coefficient (Wildman–Crippen LogP) is 3.28. The zero-order valence-electron chi connectivity index (χ0n) is 10.8. The monoisotopic (exact) mass is 242 g/mol. The average Bonchev–Trinajstić information content (AvgIpc) is 2.41. The fourth-order valence-electron chi connectivity index (χ4n) is 2.01. The van der Waals surface area contributed by atoms with Crippen LogP contribution in [0.4, 0.5) is 0 Å². The van der Waals surface area contributed by atoms with Gasteiger partial charge >= 0.3 is 0 Å². The van der Waals surface area contributed by atoms with E-state index in [0.29, 0.717) is 6.42 Å². The van der Waals surface area contributed by atoms with Gasteiger partial charge in [0, 0.05) is 6.42 Å². The van der Waals surface area contributed by atoms with Gasteiger partial charge in [0.1, 0.15) is 5.75 Å². The van der Waals surface area contributed by atoms with Crippen molar-refractivity contribution in [1.29, 1.82) is 0 Å². The third kappa shape index (κ3) is 2.90. The molecule has 0 fully saturated rings. The van der Waals surface area contributed by atoms with Gasteiger partial charge in [0.15, 0.2) is 0 Å². The lowest BCUT2D eigenvalue weighted by molar-refractivity contribution is 0.178. The van der Waals surface area contributed by atoms with Crippen molar-refractivity contribution in [2.75, 3.05) is 7.11 Å². The highest BCUT2D eigenvalue weighted by Gasteiger charge is 2.10. The summed E-state index contributed by atoms with van der Waals surface area (Å²) in [4.78, 5) is 0. The number of hydrogen-bond donors (Lipinski definition) is 1. The average molecular weight is 242 g/mol. The fraction of sp³-hybridized carbons (Fsp3) is 0.250. The van der Waals surface area contributed by atoms with E-state index < -0.39 is 6.10 Å². The minimum Gasteiger partial charge on any atom is -0.497 e. The molecule has 0 amide bonds. The van der Waals surface area contributed by atoms with Gasteiger partial charge in [0.2, 0.25) is 0 Å². The molecule has 94 valence electrons. The van der Waals surface area contributed by atoms with Crippen LogP contribution in [0.3, 0.4) is 0 Å². The zero-order valence-corrected chi connectivity index (χ0v) is 10.8. The second-order valence-electron chi connectivity index (χ2n) is 4.42. The van der Waals surface area contributed by atoms with Crippen molar-refractivity contribution in [3.8, 4) is 5.75 Å². The molecular formula is C16H18O2. The van der Waals surface area contributed by atoms with Gasteiger partial charge in [-0.15, -0.1) is 0 Å². The van der Waals surface area contributed by atoms with Crippen LogP contribution in [0.2, 0.25) is 0 Å². The highest BCUT2D eigenvalue weighted by molar-refractivity contribution is 5.32. The number of aryl methyl sites for hydroxylation is 1. The standard InChI is InChI=1S/C16H18O2/c1-12-6-3-4-7-13(12)11-16(17)14-8-5-9-15(10-14)18-2/h3-10,16-17H,11H2,1-2H3. The van der Waals surface area contributed by atoms with Crippen LogP contribution in [0.1, 0.15) is 22.8 Å². The van der Waals surface area contributed by atoms with Gasteiger partial charge in [-0.1, -0.05) is 36.4 Å². The van der Waals surface area contributed by atoms with Crippen LogP contribution in [-0.4, -0.2) is 12.2 Å². The van der Waals surface area contributed by atoms with Crippen LogP contribution in [0, 0.1) is 6.92 Å². The largest absolute Gasteiger partial charge is 0.497 e. The van der Waals surface area contributed by atoms with E-state index in [1.54, 1.807) is 7.11 Å². The summed E-state index contributed by atoms with van der Waals surface area (Å²) in [6.07, 6.45) is 0.126. The van der Waals surface area contributed by atoms with E-state index in [0.717, 1.165) is 11.3 Å². The van der Waals surface area contributed by atoms with Crippen molar-refractivity contribution < 1.29 is 9.84 Å². The van der Waals surface area contributed by atoms with E-state index >= 15 is 0 Å². The van der Waals surface area contributed by atoms with Crippen LogP contribution < -0.4 is 4.74 Å². The van der Waals surface area contributed by atoms with Gasteiger partial charge in [-0.3, -0.25) is 0 Å². The molecule has 2 nitrogen and oxygen atoms in total. The summed E-state index contributed by atoms with van der Waals surface area (Å²) in [7, 11) is 1.63. The summed E-state index contributed by atoms with van der Waals surface area (Å²) >= 11 is 0. The highest BCUT2D eigenvalue weighted by atomic mass is 16.5. The summed E-state index contributed by atoms with van der Waals surface area (Å²) in [6.45, 7) is 2.06. The molecule has 0 saturated heterocycles. The second kappa shape index (κ2) is 5.69. The van der Waals surface area contributed by atoms with Crippen molar-refractivity contribution in [3.63, 3.8) is 0 Å². The maximum absolute atomic E-state index is 10.3. The summed E-state index contributed by atoms with van der Waals surface area (Å²) in [5.74, 6) is 0.774. The third-order valence-corrected chi connectivity index (χ3v) is 3.15. The van der Waals surface area contributed by atoms with Crippen molar-refractivity contribution in [1.82, 2.24) is 0 Å².